The Bertz CT molecular complexity index is 1070. The highest BCUT2D eigenvalue weighted by atomic mass is 16.5. The monoisotopic (exact) mass is 436 g/mol. The summed E-state index contributed by atoms with van der Waals surface area (Å²) in [6.45, 7) is 2.20. The third kappa shape index (κ3) is 2.86. The Morgan fingerprint density at radius 2 is 1.72 bits per heavy atom. The van der Waals surface area contributed by atoms with E-state index in [1.807, 2.05) is 18.2 Å². The zero-order chi connectivity index (χ0) is 22.6. The Morgan fingerprint density at radius 1 is 0.938 bits per heavy atom. The molecule has 5 nitrogen and oxygen atoms in total. The fourth-order valence-corrected chi connectivity index (χ4v) is 7.03. The summed E-state index contributed by atoms with van der Waals surface area (Å²) in [5, 5.41) is 11.0. The van der Waals surface area contributed by atoms with Crippen LogP contribution in [0.5, 0.6) is 23.0 Å². The van der Waals surface area contributed by atoms with Crippen LogP contribution in [0.3, 0.4) is 0 Å². The van der Waals surface area contributed by atoms with E-state index in [9.17, 15) is 9.90 Å². The van der Waals surface area contributed by atoms with Crippen LogP contribution in [-0.2, 0) is 11.2 Å². The van der Waals surface area contributed by atoms with Crippen LogP contribution in [0.15, 0.2) is 24.3 Å². The predicted octanol–water partition coefficient (Wildman–Crippen LogP) is 5.51. The van der Waals surface area contributed by atoms with E-state index in [0.29, 0.717) is 40.8 Å². The minimum atomic E-state index is -0.134. The number of benzene rings is 2. The molecule has 0 saturated heterocycles. The maximum absolute atomic E-state index is 12.6. The zero-order valence-corrected chi connectivity index (χ0v) is 19.4. The molecule has 4 atom stereocenters. The van der Waals surface area contributed by atoms with Gasteiger partial charge in [-0.25, -0.2) is 0 Å². The van der Waals surface area contributed by atoms with Crippen LogP contribution in [0, 0.1) is 17.3 Å². The third-order valence-electron chi connectivity index (χ3n) is 8.57. The van der Waals surface area contributed by atoms with Crippen molar-refractivity contribution in [3.63, 3.8) is 0 Å². The van der Waals surface area contributed by atoms with Crippen molar-refractivity contribution in [2.24, 2.45) is 17.3 Å². The molecule has 5 heteroatoms. The number of hydrogen-bond donors (Lipinski definition) is 1. The van der Waals surface area contributed by atoms with E-state index in [0.717, 1.165) is 49.7 Å². The van der Waals surface area contributed by atoms with Crippen molar-refractivity contribution in [2.75, 3.05) is 21.3 Å². The van der Waals surface area contributed by atoms with Crippen LogP contribution < -0.4 is 14.2 Å². The molecule has 2 aromatic carbocycles. The first-order valence-electron chi connectivity index (χ1n) is 11.6. The van der Waals surface area contributed by atoms with Crippen LogP contribution >= 0.6 is 0 Å². The fourth-order valence-electron chi connectivity index (χ4n) is 7.03. The Morgan fingerprint density at radius 3 is 2.44 bits per heavy atom. The van der Waals surface area contributed by atoms with E-state index in [-0.39, 0.29) is 11.2 Å². The average Bonchev–Trinajstić information content (AvgIpc) is 3.12. The van der Waals surface area contributed by atoms with Crippen LogP contribution in [0.25, 0.3) is 11.1 Å². The fraction of sp³-hybridized carbons (Fsp3) is 0.519. The topological polar surface area (TPSA) is 65.0 Å². The Kier molecular flexibility index (Phi) is 5.11. The Labute approximate surface area is 189 Å². The van der Waals surface area contributed by atoms with Crippen LogP contribution in [0.2, 0.25) is 0 Å². The molecule has 0 aromatic heterocycles. The Hall–Kier alpha value is -2.69. The van der Waals surface area contributed by atoms with Gasteiger partial charge in [-0.05, 0) is 79.2 Å². The lowest BCUT2D eigenvalue weighted by Gasteiger charge is -2.48. The Balaban J connectivity index is 1.63. The molecule has 0 spiro atoms. The highest BCUT2D eigenvalue weighted by Gasteiger charge is 2.54. The smallest absolute Gasteiger partial charge is 0.203 e. The van der Waals surface area contributed by atoms with Gasteiger partial charge in [0.1, 0.15) is 11.5 Å². The molecule has 3 aliphatic rings. The van der Waals surface area contributed by atoms with Gasteiger partial charge < -0.3 is 19.3 Å². The highest BCUT2D eigenvalue weighted by molar-refractivity contribution is 5.87. The summed E-state index contributed by atoms with van der Waals surface area (Å²) in [6.07, 6.45) is 5.70. The number of phenolic OH excluding ortho intramolecular Hbond substituents is 1. The van der Waals surface area contributed by atoms with Gasteiger partial charge in [0.05, 0.1) is 21.3 Å². The number of carbonyl (C=O) groups is 1. The summed E-state index contributed by atoms with van der Waals surface area (Å²) < 4.78 is 16.8. The van der Waals surface area contributed by atoms with Crippen LogP contribution in [-0.4, -0.2) is 32.2 Å². The summed E-state index contributed by atoms with van der Waals surface area (Å²) in [6, 6.07) is 7.73. The molecular weight excluding hydrogens is 404 g/mol. The maximum atomic E-state index is 12.6. The molecule has 1 N–H and O–H groups in total. The number of Topliss-reactive ketones (excluding diaryl/α,β-unsaturated/α-hetero) is 1. The van der Waals surface area contributed by atoms with Crippen molar-refractivity contribution in [2.45, 2.75) is 51.4 Å². The first kappa shape index (κ1) is 21.2. The molecule has 5 rings (SSSR count). The standard InChI is InChI=1S/C27H32O5/c1-27-14-13-16-15-7-10-21(28)24(18(15)6-5-17(16)20(27)9-12-23(27)29)19-8-11-22(30-2)26(32-4)25(19)31-3/h7-8,10-11,16-17,20,28H,5-6,9,12-14H2,1-4H3/t16-,17-,20+,27+/m1/s1. The molecule has 0 radical (unpaired) electrons. The lowest BCUT2D eigenvalue weighted by atomic mass is 9.55. The molecule has 0 aliphatic heterocycles. The number of phenols is 1. The van der Waals surface area contributed by atoms with Gasteiger partial charge in [0.25, 0.3) is 0 Å². The van der Waals surface area contributed by atoms with Crippen molar-refractivity contribution in [3.8, 4) is 34.1 Å². The van der Waals surface area contributed by atoms with Crippen molar-refractivity contribution in [3.05, 3.63) is 35.4 Å². The normalized spacial score (nSPS) is 28.5. The summed E-state index contributed by atoms with van der Waals surface area (Å²) in [7, 11) is 4.81. The van der Waals surface area contributed by atoms with E-state index >= 15 is 0 Å². The van der Waals surface area contributed by atoms with Gasteiger partial charge in [-0.1, -0.05) is 13.0 Å². The minimum Gasteiger partial charge on any atom is -0.507 e. The lowest BCUT2D eigenvalue weighted by Crippen LogP contribution is -2.42. The van der Waals surface area contributed by atoms with Gasteiger partial charge in [0, 0.05) is 23.0 Å². The van der Waals surface area contributed by atoms with Gasteiger partial charge >= 0.3 is 0 Å². The van der Waals surface area contributed by atoms with Crippen molar-refractivity contribution in [1.82, 2.24) is 0 Å². The lowest BCUT2D eigenvalue weighted by molar-refractivity contribution is -0.129. The number of rotatable bonds is 4. The second-order valence-corrected chi connectivity index (χ2v) is 9.74. The SMILES string of the molecule is COc1ccc(-c2c(O)ccc3c2CC[C@@H]2[C@@H]3CC[C@]3(C)C(=O)CC[C@@H]23)c(OC)c1OC. The average molecular weight is 437 g/mol. The third-order valence-corrected chi connectivity index (χ3v) is 8.57. The van der Waals surface area contributed by atoms with Gasteiger partial charge in [0.15, 0.2) is 11.5 Å². The van der Waals surface area contributed by atoms with Crippen LogP contribution in [0.1, 0.15) is 56.1 Å². The summed E-state index contributed by atoms with van der Waals surface area (Å²) in [4.78, 5) is 12.6. The van der Waals surface area contributed by atoms with E-state index in [1.165, 1.54) is 11.1 Å². The molecular formula is C27H32O5. The molecule has 0 unspecified atom stereocenters. The molecule has 170 valence electrons. The van der Waals surface area contributed by atoms with Crippen molar-refractivity contribution in [1.29, 1.82) is 0 Å². The van der Waals surface area contributed by atoms with Crippen molar-refractivity contribution < 1.29 is 24.1 Å². The number of aromatic hydroxyl groups is 1. The van der Waals surface area contributed by atoms with Crippen molar-refractivity contribution >= 4 is 5.78 Å². The minimum absolute atomic E-state index is 0.134. The number of ketones is 1. The van der Waals surface area contributed by atoms with Gasteiger partial charge in [-0.3, -0.25) is 4.79 Å². The molecule has 2 fully saturated rings. The van der Waals surface area contributed by atoms with Crippen LogP contribution in [0.4, 0.5) is 0 Å². The molecule has 3 aliphatic carbocycles. The number of hydrogen-bond acceptors (Lipinski definition) is 5. The highest BCUT2D eigenvalue weighted by Crippen LogP contribution is 2.61. The summed E-state index contributed by atoms with van der Waals surface area (Å²) in [5.41, 5.74) is 4.03. The van der Waals surface area contributed by atoms with E-state index in [1.54, 1.807) is 21.3 Å². The molecule has 0 amide bonds. The molecule has 32 heavy (non-hydrogen) atoms. The number of ether oxygens (including phenoxy) is 3. The quantitative estimate of drug-likeness (QED) is 0.685. The van der Waals surface area contributed by atoms with E-state index < -0.39 is 0 Å². The zero-order valence-electron chi connectivity index (χ0n) is 19.4. The molecule has 2 saturated carbocycles. The number of carbonyl (C=O) groups excluding carboxylic acids is 1. The summed E-state index contributed by atoms with van der Waals surface area (Å²) in [5.74, 6) is 3.86. The van der Waals surface area contributed by atoms with Gasteiger partial charge in [-0.2, -0.15) is 0 Å². The van der Waals surface area contributed by atoms with E-state index in [4.69, 9.17) is 14.2 Å². The van der Waals surface area contributed by atoms with Gasteiger partial charge in [-0.15, -0.1) is 0 Å². The first-order valence-corrected chi connectivity index (χ1v) is 11.6. The predicted molar refractivity (Wildman–Crippen MR) is 123 cm³/mol. The molecule has 0 bridgehead atoms. The first-order chi connectivity index (χ1) is 15.4. The largest absolute Gasteiger partial charge is 0.507 e. The summed E-state index contributed by atoms with van der Waals surface area (Å²) >= 11 is 0. The molecule has 0 heterocycles. The number of fused-ring (bicyclic) bond motifs is 5. The molecule has 2 aromatic rings. The van der Waals surface area contributed by atoms with Gasteiger partial charge in [0.2, 0.25) is 5.75 Å². The maximum Gasteiger partial charge on any atom is 0.203 e. The number of methoxy groups -OCH3 is 3. The van der Waals surface area contributed by atoms with E-state index in [2.05, 4.69) is 13.0 Å². The second-order valence-electron chi connectivity index (χ2n) is 9.74. The second kappa shape index (κ2) is 7.72.